The summed E-state index contributed by atoms with van der Waals surface area (Å²) in [4.78, 5) is 36.8. The summed E-state index contributed by atoms with van der Waals surface area (Å²) in [7, 11) is 0. The van der Waals surface area contributed by atoms with Gasteiger partial charge in [0.2, 0.25) is 5.91 Å². The Kier molecular flexibility index (Phi) is 6.87. The molecule has 0 aliphatic carbocycles. The molecule has 0 spiro atoms. The van der Waals surface area contributed by atoms with Crippen LogP contribution < -0.4 is 16.4 Å². The van der Waals surface area contributed by atoms with E-state index in [1.165, 1.54) is 11.8 Å². The van der Waals surface area contributed by atoms with Gasteiger partial charge in [-0.3, -0.25) is 14.4 Å². The molecule has 7 heteroatoms. The predicted octanol–water partition coefficient (Wildman–Crippen LogP) is 4.08. The van der Waals surface area contributed by atoms with Crippen molar-refractivity contribution >= 4 is 40.9 Å². The van der Waals surface area contributed by atoms with E-state index in [9.17, 15) is 14.4 Å². The maximum Gasteiger partial charge on any atom is 0.255 e. The van der Waals surface area contributed by atoms with E-state index in [1.807, 2.05) is 31.2 Å². The van der Waals surface area contributed by atoms with Gasteiger partial charge >= 0.3 is 0 Å². The molecule has 3 aromatic rings. The van der Waals surface area contributed by atoms with Gasteiger partial charge in [0.05, 0.1) is 17.0 Å². The van der Waals surface area contributed by atoms with Crippen molar-refractivity contribution in [2.24, 2.45) is 5.73 Å². The van der Waals surface area contributed by atoms with Crippen LogP contribution in [0, 0.1) is 6.92 Å². The van der Waals surface area contributed by atoms with Gasteiger partial charge in [-0.05, 0) is 55.5 Å². The Morgan fingerprint density at radius 2 is 1.53 bits per heavy atom. The minimum atomic E-state index is -0.596. The van der Waals surface area contributed by atoms with Crippen LogP contribution in [-0.2, 0) is 4.79 Å². The molecule has 0 aliphatic heterocycles. The first-order chi connectivity index (χ1) is 14.4. The number of nitrogens with one attached hydrogen (secondary N) is 2. The number of carbonyl (C=O) groups excluding carboxylic acids is 3. The molecular formula is C23H21N3O3S. The van der Waals surface area contributed by atoms with Crippen molar-refractivity contribution in [2.45, 2.75) is 11.8 Å². The van der Waals surface area contributed by atoms with E-state index in [4.69, 9.17) is 5.73 Å². The molecule has 0 saturated heterocycles. The van der Waals surface area contributed by atoms with Crippen LogP contribution in [-0.4, -0.2) is 23.5 Å². The zero-order chi connectivity index (χ0) is 21.5. The van der Waals surface area contributed by atoms with Crippen LogP contribution in [0.3, 0.4) is 0 Å². The van der Waals surface area contributed by atoms with Crippen LogP contribution in [0.15, 0.2) is 77.7 Å². The average molecular weight is 420 g/mol. The average Bonchev–Trinajstić information content (AvgIpc) is 2.74. The van der Waals surface area contributed by atoms with E-state index in [-0.39, 0.29) is 23.1 Å². The Labute approximate surface area is 178 Å². The van der Waals surface area contributed by atoms with Crippen LogP contribution in [0.1, 0.15) is 26.3 Å². The number of nitrogens with two attached hydrogens (primary N) is 1. The molecule has 0 radical (unpaired) electrons. The fraction of sp³-hybridized carbons (Fsp3) is 0.0870. The fourth-order valence-electron chi connectivity index (χ4n) is 2.68. The van der Waals surface area contributed by atoms with Crippen LogP contribution >= 0.6 is 11.8 Å². The van der Waals surface area contributed by atoms with Crippen LogP contribution in [0.4, 0.5) is 11.4 Å². The Morgan fingerprint density at radius 1 is 0.867 bits per heavy atom. The number of carbonyl (C=O) groups is 3. The molecule has 4 N–H and O–H groups in total. The normalized spacial score (nSPS) is 10.3. The van der Waals surface area contributed by atoms with E-state index >= 15 is 0 Å². The number of thioether (sulfide) groups is 1. The van der Waals surface area contributed by atoms with Crippen LogP contribution in [0.2, 0.25) is 0 Å². The van der Waals surface area contributed by atoms with Crippen molar-refractivity contribution in [1.82, 2.24) is 0 Å². The summed E-state index contributed by atoms with van der Waals surface area (Å²) in [5, 5.41) is 5.55. The number of primary amides is 1. The van der Waals surface area contributed by atoms with Gasteiger partial charge in [0.15, 0.2) is 0 Å². The van der Waals surface area contributed by atoms with Crippen LogP contribution in [0.25, 0.3) is 0 Å². The quantitative estimate of drug-likeness (QED) is 0.502. The van der Waals surface area contributed by atoms with E-state index in [1.54, 1.807) is 48.5 Å². The number of rotatable bonds is 7. The van der Waals surface area contributed by atoms with Crippen molar-refractivity contribution in [2.75, 3.05) is 16.4 Å². The molecule has 0 aliphatic rings. The Morgan fingerprint density at radius 3 is 2.20 bits per heavy atom. The molecule has 0 saturated carbocycles. The lowest BCUT2D eigenvalue weighted by atomic mass is 10.1. The molecule has 3 amide bonds. The number of hydrogen-bond donors (Lipinski definition) is 3. The van der Waals surface area contributed by atoms with Gasteiger partial charge in [-0.2, -0.15) is 0 Å². The molecular weight excluding hydrogens is 398 g/mol. The number of aryl methyl sites for hydroxylation is 1. The van der Waals surface area contributed by atoms with Crippen molar-refractivity contribution in [3.05, 3.63) is 89.5 Å². The highest BCUT2D eigenvalue weighted by atomic mass is 32.2. The summed E-state index contributed by atoms with van der Waals surface area (Å²) in [5.74, 6) is -0.850. The zero-order valence-corrected chi connectivity index (χ0v) is 17.2. The largest absolute Gasteiger partial charge is 0.366 e. The van der Waals surface area contributed by atoms with E-state index < -0.39 is 5.91 Å². The fourth-order valence-corrected chi connectivity index (χ4v) is 3.38. The monoisotopic (exact) mass is 419 g/mol. The molecule has 152 valence electrons. The number of benzene rings is 3. The SMILES string of the molecule is Cc1ccc(C(=O)Nc2ccc(SCC(=O)Nc3ccccc3C(N)=O)cc2)cc1. The number of para-hydroxylation sites is 1. The topological polar surface area (TPSA) is 101 Å². The number of hydrogen-bond acceptors (Lipinski definition) is 4. The summed E-state index contributed by atoms with van der Waals surface area (Å²) in [6, 6.07) is 21.2. The lowest BCUT2D eigenvalue weighted by Crippen LogP contribution is -2.19. The van der Waals surface area contributed by atoms with Gasteiger partial charge in [0.1, 0.15) is 0 Å². The van der Waals surface area contributed by atoms with Gasteiger partial charge in [0.25, 0.3) is 11.8 Å². The highest BCUT2D eigenvalue weighted by molar-refractivity contribution is 8.00. The summed E-state index contributed by atoms with van der Waals surface area (Å²) < 4.78 is 0. The third kappa shape index (κ3) is 5.71. The van der Waals surface area contributed by atoms with Crippen molar-refractivity contribution in [1.29, 1.82) is 0 Å². The highest BCUT2D eigenvalue weighted by Crippen LogP contribution is 2.22. The molecule has 0 fully saturated rings. The Bertz CT molecular complexity index is 1060. The molecule has 0 bridgehead atoms. The van der Waals surface area contributed by atoms with E-state index in [0.717, 1.165) is 10.5 Å². The summed E-state index contributed by atoms with van der Waals surface area (Å²) >= 11 is 1.35. The van der Waals surface area contributed by atoms with Gasteiger partial charge < -0.3 is 16.4 Å². The number of amides is 3. The minimum Gasteiger partial charge on any atom is -0.366 e. The number of anilines is 2. The van der Waals surface area contributed by atoms with E-state index in [2.05, 4.69) is 10.6 Å². The molecule has 3 aromatic carbocycles. The predicted molar refractivity (Wildman–Crippen MR) is 120 cm³/mol. The molecule has 3 rings (SSSR count). The second-order valence-electron chi connectivity index (χ2n) is 6.59. The summed E-state index contributed by atoms with van der Waals surface area (Å²) in [6.45, 7) is 1.97. The second kappa shape index (κ2) is 9.76. The molecule has 0 unspecified atom stereocenters. The standard InChI is InChI=1S/C23H21N3O3S/c1-15-6-8-16(9-7-15)23(29)25-17-10-12-18(13-11-17)30-14-21(27)26-20-5-3-2-4-19(20)22(24)28/h2-13H,14H2,1H3,(H2,24,28)(H,25,29)(H,26,27). The highest BCUT2D eigenvalue weighted by Gasteiger charge is 2.11. The van der Waals surface area contributed by atoms with Crippen molar-refractivity contribution < 1.29 is 14.4 Å². The first-order valence-corrected chi connectivity index (χ1v) is 10.2. The lowest BCUT2D eigenvalue weighted by Gasteiger charge is -2.09. The summed E-state index contributed by atoms with van der Waals surface area (Å²) in [6.07, 6.45) is 0. The lowest BCUT2D eigenvalue weighted by molar-refractivity contribution is -0.113. The molecule has 6 nitrogen and oxygen atoms in total. The first-order valence-electron chi connectivity index (χ1n) is 9.22. The zero-order valence-electron chi connectivity index (χ0n) is 16.3. The van der Waals surface area contributed by atoms with E-state index in [0.29, 0.717) is 16.9 Å². The molecule has 0 atom stereocenters. The summed E-state index contributed by atoms with van der Waals surface area (Å²) in [5.41, 5.74) is 8.34. The third-order valence-corrected chi connectivity index (χ3v) is 5.27. The Balaban J connectivity index is 1.53. The maximum absolute atomic E-state index is 12.3. The maximum atomic E-state index is 12.3. The van der Waals surface area contributed by atoms with Crippen LogP contribution in [0.5, 0.6) is 0 Å². The molecule has 30 heavy (non-hydrogen) atoms. The minimum absolute atomic E-state index is 0.169. The third-order valence-electron chi connectivity index (χ3n) is 4.26. The van der Waals surface area contributed by atoms with Gasteiger partial charge in [-0.1, -0.05) is 29.8 Å². The second-order valence-corrected chi connectivity index (χ2v) is 7.64. The van der Waals surface area contributed by atoms with Gasteiger partial charge in [-0.25, -0.2) is 0 Å². The smallest absolute Gasteiger partial charge is 0.255 e. The first kappa shape index (κ1) is 21.1. The van der Waals surface area contributed by atoms with Crippen molar-refractivity contribution in [3.63, 3.8) is 0 Å². The van der Waals surface area contributed by atoms with Gasteiger partial charge in [-0.15, -0.1) is 11.8 Å². The molecule has 0 aromatic heterocycles. The molecule has 0 heterocycles. The Hall–Kier alpha value is -3.58. The van der Waals surface area contributed by atoms with Gasteiger partial charge in [0, 0.05) is 16.1 Å². The van der Waals surface area contributed by atoms with Crippen molar-refractivity contribution in [3.8, 4) is 0 Å².